The zero-order valence-corrected chi connectivity index (χ0v) is 9.75. The second-order valence-corrected chi connectivity index (χ2v) is 4.79. The molecule has 1 amide bonds. The SMILES string of the molecule is C[C@H](O)CNC(=O)c1cc2ccccc2s1. The molecule has 2 N–H and O–H groups in total. The summed E-state index contributed by atoms with van der Waals surface area (Å²) in [6.07, 6.45) is -0.515. The van der Waals surface area contributed by atoms with Crippen LogP contribution in [0.1, 0.15) is 16.6 Å². The summed E-state index contributed by atoms with van der Waals surface area (Å²) in [6.45, 7) is 1.93. The Kier molecular flexibility index (Phi) is 3.22. The highest BCUT2D eigenvalue weighted by molar-refractivity contribution is 7.20. The highest BCUT2D eigenvalue weighted by Crippen LogP contribution is 2.24. The van der Waals surface area contributed by atoms with Crippen LogP contribution in [0.2, 0.25) is 0 Å². The summed E-state index contributed by atoms with van der Waals surface area (Å²) in [7, 11) is 0. The Morgan fingerprint density at radius 3 is 2.94 bits per heavy atom. The predicted octanol–water partition coefficient (Wildman–Crippen LogP) is 2.01. The number of aliphatic hydroxyl groups is 1. The first-order chi connectivity index (χ1) is 7.66. The molecule has 0 aliphatic carbocycles. The van der Waals surface area contributed by atoms with Gasteiger partial charge < -0.3 is 10.4 Å². The van der Waals surface area contributed by atoms with E-state index >= 15 is 0 Å². The van der Waals surface area contributed by atoms with Gasteiger partial charge in [0.15, 0.2) is 0 Å². The molecule has 3 nitrogen and oxygen atoms in total. The van der Waals surface area contributed by atoms with E-state index in [0.717, 1.165) is 10.1 Å². The molecule has 0 bridgehead atoms. The Balaban J connectivity index is 2.17. The summed E-state index contributed by atoms with van der Waals surface area (Å²) in [5.41, 5.74) is 0. The number of hydrogen-bond donors (Lipinski definition) is 2. The Bertz CT molecular complexity index is 471. The summed E-state index contributed by atoms with van der Waals surface area (Å²) in [6, 6.07) is 9.75. The van der Waals surface area contributed by atoms with E-state index in [4.69, 9.17) is 5.11 Å². The third-order valence-electron chi connectivity index (χ3n) is 2.21. The maximum absolute atomic E-state index is 11.7. The molecule has 1 aromatic heterocycles. The molecule has 0 aliphatic rings. The Labute approximate surface area is 97.7 Å². The Morgan fingerprint density at radius 1 is 1.50 bits per heavy atom. The number of fused-ring (bicyclic) bond motifs is 1. The number of nitrogens with one attached hydrogen (secondary N) is 1. The van der Waals surface area contributed by atoms with E-state index in [1.165, 1.54) is 11.3 Å². The largest absolute Gasteiger partial charge is 0.392 e. The molecular weight excluding hydrogens is 222 g/mol. The van der Waals surface area contributed by atoms with Gasteiger partial charge in [-0.3, -0.25) is 4.79 Å². The quantitative estimate of drug-likeness (QED) is 0.855. The van der Waals surface area contributed by atoms with Crippen molar-refractivity contribution >= 4 is 27.3 Å². The van der Waals surface area contributed by atoms with E-state index in [1.807, 2.05) is 30.3 Å². The fourth-order valence-electron chi connectivity index (χ4n) is 1.42. The maximum atomic E-state index is 11.7. The van der Waals surface area contributed by atoms with Crippen molar-refractivity contribution in [2.45, 2.75) is 13.0 Å². The highest BCUT2D eigenvalue weighted by Gasteiger charge is 2.09. The Hall–Kier alpha value is -1.39. The lowest BCUT2D eigenvalue weighted by Gasteiger charge is -2.04. The third kappa shape index (κ3) is 2.40. The van der Waals surface area contributed by atoms with Crippen LogP contribution < -0.4 is 5.32 Å². The van der Waals surface area contributed by atoms with Crippen molar-refractivity contribution in [1.29, 1.82) is 0 Å². The van der Waals surface area contributed by atoms with E-state index in [2.05, 4.69) is 5.32 Å². The van der Waals surface area contributed by atoms with Crippen LogP contribution in [-0.2, 0) is 0 Å². The van der Waals surface area contributed by atoms with Crippen LogP contribution >= 0.6 is 11.3 Å². The highest BCUT2D eigenvalue weighted by atomic mass is 32.1. The van der Waals surface area contributed by atoms with Gasteiger partial charge in [-0.2, -0.15) is 0 Å². The van der Waals surface area contributed by atoms with Crippen LogP contribution in [0.5, 0.6) is 0 Å². The predicted molar refractivity (Wildman–Crippen MR) is 65.8 cm³/mol. The molecule has 0 fully saturated rings. The summed E-state index contributed by atoms with van der Waals surface area (Å²) in [4.78, 5) is 12.4. The molecule has 0 saturated carbocycles. The molecule has 0 spiro atoms. The second kappa shape index (κ2) is 4.63. The van der Waals surface area contributed by atoms with E-state index in [1.54, 1.807) is 6.92 Å². The van der Waals surface area contributed by atoms with Crippen molar-refractivity contribution in [3.8, 4) is 0 Å². The third-order valence-corrected chi connectivity index (χ3v) is 3.32. The van der Waals surface area contributed by atoms with Crippen LogP contribution in [0.25, 0.3) is 10.1 Å². The molecule has 16 heavy (non-hydrogen) atoms. The molecule has 1 heterocycles. The van der Waals surface area contributed by atoms with Crippen LogP contribution in [-0.4, -0.2) is 23.7 Å². The van der Waals surface area contributed by atoms with Crippen molar-refractivity contribution < 1.29 is 9.90 Å². The number of aliphatic hydroxyl groups excluding tert-OH is 1. The summed E-state index contributed by atoms with van der Waals surface area (Å²) in [5.74, 6) is -0.123. The van der Waals surface area contributed by atoms with Gasteiger partial charge in [-0.25, -0.2) is 0 Å². The van der Waals surface area contributed by atoms with Gasteiger partial charge in [0.05, 0.1) is 11.0 Å². The molecule has 2 aromatic rings. The van der Waals surface area contributed by atoms with Crippen molar-refractivity contribution in [3.05, 3.63) is 35.2 Å². The van der Waals surface area contributed by atoms with Gasteiger partial charge >= 0.3 is 0 Å². The lowest BCUT2D eigenvalue weighted by molar-refractivity contribution is 0.0928. The average molecular weight is 235 g/mol. The summed E-state index contributed by atoms with van der Waals surface area (Å²) in [5, 5.41) is 12.8. The first kappa shape index (κ1) is 11.1. The lowest BCUT2D eigenvalue weighted by atomic mass is 10.2. The number of thiophene rings is 1. The first-order valence-electron chi connectivity index (χ1n) is 5.11. The van der Waals surface area contributed by atoms with Gasteiger partial charge in [0.2, 0.25) is 0 Å². The normalized spacial score (nSPS) is 12.6. The monoisotopic (exact) mass is 235 g/mol. The van der Waals surface area contributed by atoms with Crippen LogP contribution in [0.3, 0.4) is 0 Å². The smallest absolute Gasteiger partial charge is 0.261 e. The average Bonchev–Trinajstić information content (AvgIpc) is 2.69. The molecule has 0 radical (unpaired) electrons. The molecule has 1 atom stereocenters. The fourth-order valence-corrected chi connectivity index (χ4v) is 2.40. The van der Waals surface area contributed by atoms with E-state index in [-0.39, 0.29) is 12.5 Å². The summed E-state index contributed by atoms with van der Waals surface area (Å²) >= 11 is 1.46. The van der Waals surface area contributed by atoms with Crippen LogP contribution in [0.4, 0.5) is 0 Å². The summed E-state index contributed by atoms with van der Waals surface area (Å²) < 4.78 is 1.10. The van der Waals surface area contributed by atoms with Gasteiger partial charge in [0, 0.05) is 11.2 Å². The van der Waals surface area contributed by atoms with E-state index in [0.29, 0.717) is 4.88 Å². The fraction of sp³-hybridized carbons (Fsp3) is 0.250. The molecule has 0 saturated heterocycles. The Morgan fingerprint density at radius 2 is 2.25 bits per heavy atom. The van der Waals surface area contributed by atoms with Gasteiger partial charge in [-0.15, -0.1) is 11.3 Å². The number of hydrogen-bond acceptors (Lipinski definition) is 3. The molecule has 2 rings (SSSR count). The molecule has 4 heteroatoms. The lowest BCUT2D eigenvalue weighted by Crippen LogP contribution is -2.29. The number of carbonyl (C=O) groups is 1. The number of benzene rings is 1. The molecule has 84 valence electrons. The van der Waals surface area contributed by atoms with Crippen molar-refractivity contribution in [3.63, 3.8) is 0 Å². The minimum atomic E-state index is -0.515. The van der Waals surface area contributed by atoms with Crippen LogP contribution in [0.15, 0.2) is 30.3 Å². The molecular formula is C12H13NO2S. The van der Waals surface area contributed by atoms with Gasteiger partial charge in [0.25, 0.3) is 5.91 Å². The minimum absolute atomic E-state index is 0.123. The standard InChI is InChI=1S/C12H13NO2S/c1-8(14)7-13-12(15)11-6-9-4-2-3-5-10(9)16-11/h2-6,8,14H,7H2,1H3,(H,13,15)/t8-/m0/s1. The second-order valence-electron chi connectivity index (χ2n) is 3.71. The van der Waals surface area contributed by atoms with Gasteiger partial charge in [-0.05, 0) is 24.4 Å². The first-order valence-corrected chi connectivity index (χ1v) is 5.93. The zero-order chi connectivity index (χ0) is 11.5. The number of rotatable bonds is 3. The van der Waals surface area contributed by atoms with Crippen molar-refractivity contribution in [1.82, 2.24) is 5.32 Å². The van der Waals surface area contributed by atoms with Crippen molar-refractivity contribution in [2.24, 2.45) is 0 Å². The van der Waals surface area contributed by atoms with E-state index < -0.39 is 6.10 Å². The van der Waals surface area contributed by atoms with Gasteiger partial charge in [0.1, 0.15) is 0 Å². The molecule has 0 unspecified atom stereocenters. The number of amides is 1. The topological polar surface area (TPSA) is 49.3 Å². The van der Waals surface area contributed by atoms with Crippen LogP contribution in [0, 0.1) is 0 Å². The zero-order valence-electron chi connectivity index (χ0n) is 8.93. The van der Waals surface area contributed by atoms with Crippen molar-refractivity contribution in [2.75, 3.05) is 6.54 Å². The van der Waals surface area contributed by atoms with Gasteiger partial charge in [-0.1, -0.05) is 18.2 Å². The maximum Gasteiger partial charge on any atom is 0.261 e. The molecule has 0 aliphatic heterocycles. The minimum Gasteiger partial charge on any atom is -0.392 e. The van der Waals surface area contributed by atoms with E-state index in [9.17, 15) is 4.79 Å². The number of carbonyl (C=O) groups excluding carboxylic acids is 1. The molecule has 1 aromatic carbocycles.